The summed E-state index contributed by atoms with van der Waals surface area (Å²) in [4.78, 5) is 18.2. The molecule has 56 heavy (non-hydrogen) atoms. The van der Waals surface area contributed by atoms with Crippen LogP contribution >= 0.6 is 0 Å². The third-order valence-corrected chi connectivity index (χ3v) is 18.9. The summed E-state index contributed by atoms with van der Waals surface area (Å²) in [5, 5.41) is 1.33. The van der Waals surface area contributed by atoms with E-state index < -0.39 is 31.9 Å². The van der Waals surface area contributed by atoms with Crippen LogP contribution in [0.1, 0.15) is 72.8 Å². The van der Waals surface area contributed by atoms with Crippen molar-refractivity contribution in [1.29, 1.82) is 0 Å². The Morgan fingerprint density at radius 2 is 1.77 bits per heavy atom. The molecule has 2 aromatic carbocycles. The average molecular weight is 790 g/mol. The fourth-order valence-electron chi connectivity index (χ4n) is 9.61. The first-order chi connectivity index (χ1) is 26.7. The Hall–Kier alpha value is -3.96. The molecular weight excluding hydrogens is 736 g/mol. The van der Waals surface area contributed by atoms with Gasteiger partial charge in [-0.2, -0.15) is 9.97 Å². The number of methoxy groups -OCH3 is 2. The van der Waals surface area contributed by atoms with Crippen molar-refractivity contribution in [2.45, 2.75) is 108 Å². The molecule has 1 saturated carbocycles. The van der Waals surface area contributed by atoms with Crippen molar-refractivity contribution in [3.63, 3.8) is 0 Å². The van der Waals surface area contributed by atoms with Gasteiger partial charge in [0.05, 0.1) is 28.6 Å². The topological polar surface area (TPSA) is 82.1 Å². The molecule has 0 bridgehead atoms. The molecule has 13 heteroatoms. The van der Waals surface area contributed by atoms with E-state index in [2.05, 4.69) is 67.9 Å². The van der Waals surface area contributed by atoms with E-state index in [1.54, 1.807) is 37.3 Å². The van der Waals surface area contributed by atoms with Crippen LogP contribution in [-0.2, 0) is 9.47 Å². The van der Waals surface area contributed by atoms with Gasteiger partial charge in [-0.05, 0) is 66.0 Å². The molecule has 0 radical (unpaired) electrons. The van der Waals surface area contributed by atoms with Crippen molar-refractivity contribution < 1.29 is 32.1 Å². The fraction of sp³-hybridized carbons (Fsp3) is 0.558. The summed E-state index contributed by atoms with van der Waals surface area (Å²) in [6.45, 7) is 15.2. The Kier molecular flexibility index (Phi) is 11.3. The number of pyridine rings is 1. The predicted molar refractivity (Wildman–Crippen MR) is 217 cm³/mol. The van der Waals surface area contributed by atoms with Crippen LogP contribution in [-0.4, -0.2) is 99.5 Å². The third-order valence-electron chi connectivity index (χ3n) is 12.6. The maximum Gasteiger partial charge on any atom is 0.319 e. The summed E-state index contributed by atoms with van der Waals surface area (Å²) in [7, 11) is 2.69. The molecule has 0 amide bonds. The largest absolute Gasteiger partial charge is 0.468 e. The minimum atomic E-state index is -2.29. The van der Waals surface area contributed by atoms with Gasteiger partial charge in [-0.15, -0.1) is 5.54 Å². The maximum absolute atomic E-state index is 17.4. The molecular formula is C43H54F3N5O4Si. The van der Waals surface area contributed by atoms with E-state index >= 15 is 8.78 Å². The van der Waals surface area contributed by atoms with E-state index in [1.165, 1.54) is 19.4 Å². The highest BCUT2D eigenvalue weighted by Crippen LogP contribution is 2.44. The number of aromatic nitrogens is 3. The SMILES string of the molecule is COCOc1cc(-c2ncc3c(N(C)[C@@H]4C[C@H]4F)nc(OC[C@@]45CCCN4C[C@H](OC)C5)nc3c2F)c2c(C#C[Si](C(C)C)(C(C)C)C(C)C)c(F)ccc2c1. The zero-order valence-corrected chi connectivity index (χ0v) is 35.0. The Labute approximate surface area is 329 Å². The minimum absolute atomic E-state index is 0.00876. The molecule has 1 aliphatic carbocycles. The molecule has 0 N–H and O–H groups in total. The lowest BCUT2D eigenvalue weighted by molar-refractivity contribution is 0.0512. The highest BCUT2D eigenvalue weighted by Gasteiger charge is 2.49. The number of ether oxygens (including phenoxy) is 4. The maximum atomic E-state index is 17.4. The summed E-state index contributed by atoms with van der Waals surface area (Å²) in [5.74, 6) is 2.77. The number of hydrogen-bond donors (Lipinski definition) is 0. The molecule has 7 rings (SSSR count). The fourth-order valence-corrected chi connectivity index (χ4v) is 14.8. The van der Waals surface area contributed by atoms with Gasteiger partial charge in [0.15, 0.2) is 12.6 Å². The summed E-state index contributed by atoms with van der Waals surface area (Å²) >= 11 is 0. The number of anilines is 1. The van der Waals surface area contributed by atoms with Crippen molar-refractivity contribution in [2.24, 2.45) is 0 Å². The van der Waals surface area contributed by atoms with Crippen LogP contribution in [0.3, 0.4) is 0 Å². The molecule has 3 fully saturated rings. The first-order valence-electron chi connectivity index (χ1n) is 19.8. The molecule has 0 unspecified atom stereocenters. The van der Waals surface area contributed by atoms with Crippen molar-refractivity contribution >= 4 is 35.6 Å². The van der Waals surface area contributed by atoms with Crippen molar-refractivity contribution in [3.8, 4) is 34.5 Å². The number of rotatable bonds is 13. The summed E-state index contributed by atoms with van der Waals surface area (Å²) in [6, 6.07) is 6.03. The molecule has 300 valence electrons. The first kappa shape index (κ1) is 40.2. The van der Waals surface area contributed by atoms with Crippen LogP contribution in [0.5, 0.6) is 11.8 Å². The molecule has 9 nitrogen and oxygen atoms in total. The van der Waals surface area contributed by atoms with E-state index in [-0.39, 0.29) is 41.2 Å². The number of hydrogen-bond acceptors (Lipinski definition) is 9. The number of alkyl halides is 1. The van der Waals surface area contributed by atoms with Crippen molar-refractivity contribution in [1.82, 2.24) is 19.9 Å². The molecule has 4 heterocycles. The van der Waals surface area contributed by atoms with Gasteiger partial charge in [0.25, 0.3) is 0 Å². The van der Waals surface area contributed by atoms with Gasteiger partial charge < -0.3 is 23.8 Å². The van der Waals surface area contributed by atoms with E-state index in [9.17, 15) is 4.39 Å². The van der Waals surface area contributed by atoms with Crippen LogP contribution in [0.4, 0.5) is 19.0 Å². The number of nitrogens with zero attached hydrogens (tertiary/aromatic N) is 5. The van der Waals surface area contributed by atoms with Gasteiger partial charge in [0.1, 0.15) is 49.4 Å². The molecule has 0 spiro atoms. The Bertz CT molecular complexity index is 2160. The second kappa shape index (κ2) is 15.8. The van der Waals surface area contributed by atoms with E-state index in [0.29, 0.717) is 62.9 Å². The lowest BCUT2D eigenvalue weighted by atomic mass is 9.94. The molecule has 2 aliphatic heterocycles. The smallest absolute Gasteiger partial charge is 0.319 e. The quantitative estimate of drug-likeness (QED) is 0.0750. The van der Waals surface area contributed by atoms with Gasteiger partial charge in [-0.1, -0.05) is 53.5 Å². The summed E-state index contributed by atoms with van der Waals surface area (Å²) in [6.07, 6.45) is 3.70. The lowest BCUT2D eigenvalue weighted by Crippen LogP contribution is -2.43. The highest BCUT2D eigenvalue weighted by molar-refractivity contribution is 6.90. The average Bonchev–Trinajstić information content (AvgIpc) is 3.61. The monoisotopic (exact) mass is 789 g/mol. The number of halogens is 3. The first-order valence-corrected chi connectivity index (χ1v) is 22.0. The Morgan fingerprint density at radius 3 is 2.43 bits per heavy atom. The molecule has 2 saturated heterocycles. The second-order valence-corrected chi connectivity index (χ2v) is 22.3. The predicted octanol–water partition coefficient (Wildman–Crippen LogP) is 8.85. The van der Waals surface area contributed by atoms with Crippen LogP contribution in [0.2, 0.25) is 16.6 Å². The Morgan fingerprint density at radius 1 is 1.04 bits per heavy atom. The number of benzene rings is 2. The summed E-state index contributed by atoms with van der Waals surface area (Å²) < 4.78 is 71.3. The van der Waals surface area contributed by atoms with Gasteiger partial charge >= 0.3 is 6.01 Å². The number of fused-ring (bicyclic) bond motifs is 3. The standard InChI is InChI=1S/C43H54F3N5O4Si/c1-25(2)56(26(3)4,27(5)6)16-13-31-34(44)12-11-28-17-29(55-24-52-8)18-32(37(28)31)39-38(46)40-33(21-47-39)41(50(7)36-19-35(36)45)49-42(48-40)54-23-43-14-10-15-51(43)22-30(20-43)53-9/h11-12,17-18,21,25-27,30,35-36H,10,14-15,19-20,22-24H2,1-9H3/t30-,35-,36-,43+/m1/s1. The Balaban J connectivity index is 1.41. The van der Waals surface area contributed by atoms with Crippen molar-refractivity contribution in [3.05, 3.63) is 47.7 Å². The minimum Gasteiger partial charge on any atom is -0.468 e. The second-order valence-electron chi connectivity index (χ2n) is 16.8. The van der Waals surface area contributed by atoms with Crippen LogP contribution in [0.25, 0.3) is 32.9 Å². The van der Waals surface area contributed by atoms with Gasteiger partial charge in [0.2, 0.25) is 0 Å². The van der Waals surface area contributed by atoms with Crippen molar-refractivity contribution in [2.75, 3.05) is 52.7 Å². The highest BCUT2D eigenvalue weighted by atomic mass is 28.3. The van der Waals surface area contributed by atoms with Crippen LogP contribution < -0.4 is 14.4 Å². The van der Waals surface area contributed by atoms with Gasteiger partial charge in [-0.25, -0.2) is 13.2 Å². The molecule has 3 aliphatic rings. The van der Waals surface area contributed by atoms with E-state index in [0.717, 1.165) is 32.4 Å². The van der Waals surface area contributed by atoms with E-state index in [4.69, 9.17) is 23.9 Å². The summed E-state index contributed by atoms with van der Waals surface area (Å²) in [5.41, 5.74) is 4.75. The zero-order valence-electron chi connectivity index (χ0n) is 34.0. The molecule has 4 atom stereocenters. The van der Waals surface area contributed by atoms with Crippen LogP contribution in [0, 0.1) is 23.1 Å². The lowest BCUT2D eigenvalue weighted by Gasteiger charge is -2.38. The van der Waals surface area contributed by atoms with E-state index in [1.807, 2.05) is 0 Å². The molecule has 4 aromatic rings. The third kappa shape index (κ3) is 7.12. The molecule has 2 aromatic heterocycles. The van der Waals surface area contributed by atoms with Gasteiger partial charge in [0, 0.05) is 51.4 Å². The normalized spacial score (nSPS) is 22.3. The zero-order chi connectivity index (χ0) is 40.1. The van der Waals surface area contributed by atoms with Gasteiger partial charge in [-0.3, -0.25) is 9.88 Å². The van der Waals surface area contributed by atoms with Crippen LogP contribution in [0.15, 0.2) is 30.5 Å².